The van der Waals surface area contributed by atoms with Gasteiger partial charge in [-0.2, -0.15) is 0 Å². The highest BCUT2D eigenvalue weighted by molar-refractivity contribution is 5.85. The Kier molecular flexibility index (Phi) is 4.77. The topological polar surface area (TPSA) is 43.7 Å². The maximum atomic E-state index is 8.72. The average Bonchev–Trinajstić information content (AvgIpc) is 2.05. The van der Waals surface area contributed by atoms with E-state index in [9.17, 15) is 0 Å². The molecule has 0 bridgehead atoms. The normalized spacial score (nSPS) is 9.23. The predicted octanol–water partition coefficient (Wildman–Crippen LogP) is 2.56. The van der Waals surface area contributed by atoms with E-state index < -0.39 is 0 Å². The second-order valence-electron chi connectivity index (χ2n) is 2.75. The van der Waals surface area contributed by atoms with Gasteiger partial charge in [-0.25, -0.2) is 0 Å². The lowest BCUT2D eigenvalue weighted by molar-refractivity contribution is 0.0291. The molecule has 0 saturated carbocycles. The fourth-order valence-electron chi connectivity index (χ4n) is 1.16. The van der Waals surface area contributed by atoms with Crippen molar-refractivity contribution in [1.82, 2.24) is 0 Å². The van der Waals surface area contributed by atoms with Crippen LogP contribution in [0.1, 0.15) is 18.1 Å². The molecule has 74 valence electrons. The van der Waals surface area contributed by atoms with E-state index in [-0.39, 0.29) is 17.6 Å². The van der Waals surface area contributed by atoms with Crippen molar-refractivity contribution in [1.29, 1.82) is 0 Å². The van der Waals surface area contributed by atoms with Crippen molar-refractivity contribution in [3.8, 4) is 0 Å². The Morgan fingerprint density at radius 1 is 1.31 bits per heavy atom. The van der Waals surface area contributed by atoms with Crippen molar-refractivity contribution in [2.45, 2.75) is 20.3 Å². The molecule has 2 N–H and O–H groups in total. The fraction of sp³-hybridized carbons (Fsp3) is 0.333. The van der Waals surface area contributed by atoms with E-state index in [2.05, 4.69) is 0 Å². The Labute approximate surface area is 83.9 Å². The molecule has 1 aromatic rings. The quantitative estimate of drug-likeness (QED) is 0.727. The minimum atomic E-state index is 0. The molecule has 0 radical (unpaired) electrons. The molecule has 0 heterocycles. The van der Waals surface area contributed by atoms with Gasteiger partial charge in [0.05, 0.1) is 5.69 Å². The van der Waals surface area contributed by atoms with Gasteiger partial charge in [-0.05, 0) is 36.6 Å². The van der Waals surface area contributed by atoms with E-state index in [0.717, 1.165) is 12.0 Å². The van der Waals surface area contributed by atoms with Crippen molar-refractivity contribution >= 4 is 18.1 Å². The Hall–Kier alpha value is -0.770. The number of nitrogens with zero attached hydrogens (tertiary/aromatic N) is 1. The third-order valence-corrected chi connectivity index (χ3v) is 1.94. The third kappa shape index (κ3) is 2.88. The molecule has 0 saturated heterocycles. The van der Waals surface area contributed by atoms with Crippen LogP contribution in [0.25, 0.3) is 0 Å². The van der Waals surface area contributed by atoms with Gasteiger partial charge in [0.2, 0.25) is 0 Å². The summed E-state index contributed by atoms with van der Waals surface area (Å²) in [6.45, 7) is 4.03. The molecule has 0 aliphatic rings. The van der Waals surface area contributed by atoms with Gasteiger partial charge in [0.15, 0.2) is 0 Å². The molecule has 0 aromatic heterocycles. The van der Waals surface area contributed by atoms with Crippen LogP contribution in [0.4, 0.5) is 5.69 Å². The smallest absolute Gasteiger partial charge is 0.0945 e. The number of hydrogen-bond donors (Lipinski definition) is 2. The Morgan fingerprint density at radius 3 is 2.38 bits per heavy atom. The Bertz CT molecular complexity index is 276. The highest BCUT2D eigenvalue weighted by Gasteiger charge is 2.01. The summed E-state index contributed by atoms with van der Waals surface area (Å²) >= 11 is 0. The van der Waals surface area contributed by atoms with Crippen LogP contribution < -0.4 is 5.23 Å². The lowest BCUT2D eigenvalue weighted by Crippen LogP contribution is -2.11. The second kappa shape index (κ2) is 5.07. The molecule has 0 fully saturated rings. The molecule has 0 aliphatic heterocycles. The number of aryl methyl sites for hydroxylation is 2. The predicted molar refractivity (Wildman–Crippen MR) is 53.9 cm³/mol. The first-order chi connectivity index (χ1) is 5.65. The summed E-state index contributed by atoms with van der Waals surface area (Å²) in [6, 6.07) is 5.29. The van der Waals surface area contributed by atoms with Gasteiger partial charge in [0.1, 0.15) is 0 Å². The molecule has 1 aromatic carbocycles. The van der Waals surface area contributed by atoms with Crippen LogP contribution in [-0.4, -0.2) is 10.4 Å². The minimum absolute atomic E-state index is 0. The van der Waals surface area contributed by atoms with Gasteiger partial charge in [-0.15, -0.1) is 17.6 Å². The summed E-state index contributed by atoms with van der Waals surface area (Å²) in [5.41, 5.74) is 2.70. The minimum Gasteiger partial charge on any atom is -0.264 e. The molecule has 0 aliphatic carbocycles. The van der Waals surface area contributed by atoms with Gasteiger partial charge in [-0.1, -0.05) is 13.0 Å². The van der Waals surface area contributed by atoms with E-state index in [1.54, 1.807) is 12.1 Å². The molecule has 0 unspecified atom stereocenters. The largest absolute Gasteiger partial charge is 0.264 e. The van der Waals surface area contributed by atoms with Gasteiger partial charge in [-0.3, -0.25) is 10.4 Å². The van der Waals surface area contributed by atoms with Crippen LogP contribution in [0, 0.1) is 6.92 Å². The average molecular weight is 204 g/mol. The van der Waals surface area contributed by atoms with E-state index in [1.165, 1.54) is 5.56 Å². The summed E-state index contributed by atoms with van der Waals surface area (Å²) in [7, 11) is 0. The van der Waals surface area contributed by atoms with Crippen LogP contribution in [0.2, 0.25) is 0 Å². The first kappa shape index (κ1) is 12.2. The van der Waals surface area contributed by atoms with Gasteiger partial charge >= 0.3 is 0 Å². The second-order valence-corrected chi connectivity index (χ2v) is 2.75. The van der Waals surface area contributed by atoms with E-state index in [1.807, 2.05) is 19.9 Å². The van der Waals surface area contributed by atoms with Gasteiger partial charge in [0.25, 0.3) is 0 Å². The molecule has 1 rings (SSSR count). The SMILES string of the molecule is CCc1cc(N(O)O)ccc1C.Cl. The third-order valence-electron chi connectivity index (χ3n) is 1.94. The number of benzene rings is 1. The lowest BCUT2D eigenvalue weighted by Gasteiger charge is -2.10. The molecule has 3 nitrogen and oxygen atoms in total. The zero-order valence-electron chi connectivity index (χ0n) is 7.69. The molecule has 0 spiro atoms. The summed E-state index contributed by atoms with van der Waals surface area (Å²) in [4.78, 5) is 0. The number of hydrogen-bond acceptors (Lipinski definition) is 3. The summed E-state index contributed by atoms with van der Waals surface area (Å²) < 4.78 is 0. The summed E-state index contributed by atoms with van der Waals surface area (Å²) in [6.07, 6.45) is 0.896. The van der Waals surface area contributed by atoms with Gasteiger partial charge in [0, 0.05) is 0 Å². The van der Waals surface area contributed by atoms with Crippen LogP contribution >= 0.6 is 12.4 Å². The highest BCUT2D eigenvalue weighted by atomic mass is 35.5. The van der Waals surface area contributed by atoms with Crippen LogP contribution in [0.3, 0.4) is 0 Å². The molecule has 13 heavy (non-hydrogen) atoms. The first-order valence-corrected chi connectivity index (χ1v) is 3.92. The molecular formula is C9H14ClNO2. The molecule has 0 amide bonds. The van der Waals surface area contributed by atoms with Crippen molar-refractivity contribution in [2.24, 2.45) is 0 Å². The zero-order chi connectivity index (χ0) is 9.14. The van der Waals surface area contributed by atoms with Gasteiger partial charge < -0.3 is 0 Å². The van der Waals surface area contributed by atoms with Crippen molar-refractivity contribution in [3.05, 3.63) is 29.3 Å². The van der Waals surface area contributed by atoms with Crippen molar-refractivity contribution in [3.63, 3.8) is 0 Å². The number of rotatable bonds is 2. The monoisotopic (exact) mass is 203 g/mol. The maximum Gasteiger partial charge on any atom is 0.0945 e. The molecule has 4 heteroatoms. The Morgan fingerprint density at radius 2 is 1.92 bits per heavy atom. The summed E-state index contributed by atoms with van der Waals surface area (Å²) in [5.74, 6) is 0. The maximum absolute atomic E-state index is 8.72. The summed E-state index contributed by atoms with van der Waals surface area (Å²) in [5, 5.41) is 17.6. The lowest BCUT2D eigenvalue weighted by atomic mass is 10.1. The number of anilines is 1. The van der Waals surface area contributed by atoms with E-state index >= 15 is 0 Å². The fourth-order valence-corrected chi connectivity index (χ4v) is 1.16. The van der Waals surface area contributed by atoms with Crippen molar-refractivity contribution in [2.75, 3.05) is 5.23 Å². The van der Waals surface area contributed by atoms with E-state index in [4.69, 9.17) is 10.4 Å². The van der Waals surface area contributed by atoms with E-state index in [0.29, 0.717) is 5.69 Å². The Balaban J connectivity index is 0.00000144. The van der Waals surface area contributed by atoms with Crippen LogP contribution in [0.5, 0.6) is 0 Å². The first-order valence-electron chi connectivity index (χ1n) is 3.92. The standard InChI is InChI=1S/C9H13NO2.ClH/c1-3-8-6-9(10(11)12)5-4-7(8)2;/h4-6,11-12H,3H2,1-2H3;1H. The molecule has 0 atom stereocenters. The zero-order valence-corrected chi connectivity index (χ0v) is 8.51. The van der Waals surface area contributed by atoms with Crippen molar-refractivity contribution < 1.29 is 10.4 Å². The van der Waals surface area contributed by atoms with Crippen LogP contribution in [-0.2, 0) is 6.42 Å². The molecular weight excluding hydrogens is 190 g/mol. The number of halogens is 1. The highest BCUT2D eigenvalue weighted by Crippen LogP contribution is 2.17. The van der Waals surface area contributed by atoms with Crippen LogP contribution in [0.15, 0.2) is 18.2 Å².